The molecule has 7 nitrogen and oxygen atoms in total. The normalized spacial score (nSPS) is 24.4. The maximum Gasteiger partial charge on any atom is 0.343 e. The molecule has 2 aromatic rings. The summed E-state index contributed by atoms with van der Waals surface area (Å²) in [4.78, 5) is 13.9. The number of carboxylic acids is 1. The van der Waals surface area contributed by atoms with Crippen LogP contribution in [0.2, 0.25) is 0 Å². The maximum absolute atomic E-state index is 12.0. The number of ether oxygens (including phenoxy) is 1. The SMILES string of the molecule is CC[C@H]1C[C@@H](O)CC2(CCN(c3noc(-c4ccccc4)c3C(=O)O)CC2)O1. The first kappa shape index (κ1) is 19.0. The number of aliphatic hydroxyl groups is 1. The summed E-state index contributed by atoms with van der Waals surface area (Å²) >= 11 is 0. The van der Waals surface area contributed by atoms with Crippen LogP contribution in [0, 0.1) is 0 Å². The predicted octanol–water partition coefficient (Wildman–Crippen LogP) is 3.33. The summed E-state index contributed by atoms with van der Waals surface area (Å²) in [6, 6.07) is 9.16. The number of carbonyl (C=O) groups is 1. The quantitative estimate of drug-likeness (QED) is 0.832. The minimum absolute atomic E-state index is 0.0848. The molecule has 0 aliphatic carbocycles. The molecule has 2 saturated heterocycles. The highest BCUT2D eigenvalue weighted by Gasteiger charge is 2.44. The summed E-state index contributed by atoms with van der Waals surface area (Å²) in [5.41, 5.74) is 0.458. The van der Waals surface area contributed by atoms with E-state index >= 15 is 0 Å². The van der Waals surface area contributed by atoms with Gasteiger partial charge in [-0.05, 0) is 25.7 Å². The number of aliphatic hydroxyl groups excluding tert-OH is 1. The van der Waals surface area contributed by atoms with Crippen molar-refractivity contribution in [1.82, 2.24) is 5.16 Å². The molecule has 2 aliphatic rings. The van der Waals surface area contributed by atoms with E-state index in [0.717, 1.165) is 19.3 Å². The van der Waals surface area contributed by atoms with Crippen molar-refractivity contribution in [2.45, 2.75) is 56.8 Å². The van der Waals surface area contributed by atoms with Crippen molar-refractivity contribution in [3.05, 3.63) is 35.9 Å². The van der Waals surface area contributed by atoms with E-state index in [9.17, 15) is 15.0 Å². The van der Waals surface area contributed by atoms with Gasteiger partial charge in [0.1, 0.15) is 0 Å². The van der Waals surface area contributed by atoms with Gasteiger partial charge in [0.25, 0.3) is 0 Å². The molecule has 1 aromatic heterocycles. The minimum atomic E-state index is -1.05. The Balaban J connectivity index is 1.55. The molecule has 0 amide bonds. The second-order valence-corrected chi connectivity index (χ2v) is 7.79. The lowest BCUT2D eigenvalue weighted by molar-refractivity contribution is -0.171. The summed E-state index contributed by atoms with van der Waals surface area (Å²) in [5, 5.41) is 24.1. The molecule has 0 unspecified atom stereocenters. The number of anilines is 1. The van der Waals surface area contributed by atoms with Crippen molar-refractivity contribution in [2.24, 2.45) is 0 Å². The fourth-order valence-electron chi connectivity index (χ4n) is 4.44. The zero-order valence-corrected chi connectivity index (χ0v) is 16.0. The molecule has 4 rings (SSSR count). The van der Waals surface area contributed by atoms with Crippen molar-refractivity contribution in [1.29, 1.82) is 0 Å². The third-order valence-corrected chi connectivity index (χ3v) is 5.91. The van der Waals surface area contributed by atoms with Crippen molar-refractivity contribution < 1.29 is 24.3 Å². The second-order valence-electron chi connectivity index (χ2n) is 7.79. The van der Waals surface area contributed by atoms with Gasteiger partial charge in [0.05, 0.1) is 17.8 Å². The fraction of sp³-hybridized carbons (Fsp3) is 0.524. The first-order valence-corrected chi connectivity index (χ1v) is 9.90. The molecule has 28 heavy (non-hydrogen) atoms. The van der Waals surface area contributed by atoms with E-state index < -0.39 is 5.97 Å². The van der Waals surface area contributed by atoms with Crippen molar-refractivity contribution in [2.75, 3.05) is 18.0 Å². The van der Waals surface area contributed by atoms with Crippen LogP contribution < -0.4 is 4.90 Å². The van der Waals surface area contributed by atoms with Gasteiger partial charge < -0.3 is 24.4 Å². The standard InChI is InChI=1S/C21H26N2O5/c1-2-16-12-15(24)13-21(27-16)8-10-23(11-9-21)19-17(20(25)26)18(28-22-19)14-6-4-3-5-7-14/h3-7,15-16,24H,2,8-13H2,1H3,(H,25,26)/t15-,16+/m1/s1. The number of benzene rings is 1. The van der Waals surface area contributed by atoms with Gasteiger partial charge in [-0.2, -0.15) is 0 Å². The average molecular weight is 386 g/mol. The second kappa shape index (κ2) is 7.56. The molecule has 1 aromatic carbocycles. The van der Waals surface area contributed by atoms with Crippen LogP contribution in [0.25, 0.3) is 11.3 Å². The van der Waals surface area contributed by atoms with E-state index in [1.807, 2.05) is 35.2 Å². The number of aromatic nitrogens is 1. The molecule has 7 heteroatoms. The molecule has 0 saturated carbocycles. The zero-order chi connectivity index (χ0) is 19.7. The number of piperidine rings is 1. The Kier molecular flexibility index (Phi) is 5.12. The van der Waals surface area contributed by atoms with Crippen LogP contribution in [0.1, 0.15) is 49.4 Å². The third-order valence-electron chi connectivity index (χ3n) is 5.91. The number of hydrogen-bond acceptors (Lipinski definition) is 6. The molecule has 0 bridgehead atoms. The van der Waals surface area contributed by atoms with Crippen LogP contribution in [0.15, 0.2) is 34.9 Å². The van der Waals surface area contributed by atoms with Crippen LogP contribution >= 0.6 is 0 Å². The van der Waals surface area contributed by atoms with Gasteiger partial charge in [-0.25, -0.2) is 4.79 Å². The number of hydrogen-bond donors (Lipinski definition) is 2. The Morgan fingerprint density at radius 2 is 2.00 bits per heavy atom. The minimum Gasteiger partial charge on any atom is -0.477 e. The van der Waals surface area contributed by atoms with E-state index in [2.05, 4.69) is 12.1 Å². The molecule has 2 fully saturated rings. The number of rotatable bonds is 4. The Labute approximate surface area is 163 Å². The summed E-state index contributed by atoms with van der Waals surface area (Å²) in [5.74, 6) is -0.408. The summed E-state index contributed by atoms with van der Waals surface area (Å²) in [7, 11) is 0. The van der Waals surface area contributed by atoms with Gasteiger partial charge in [0.15, 0.2) is 17.1 Å². The number of nitrogens with zero attached hydrogens (tertiary/aromatic N) is 2. The molecule has 0 radical (unpaired) electrons. The van der Waals surface area contributed by atoms with E-state index in [1.54, 1.807) is 0 Å². The zero-order valence-electron chi connectivity index (χ0n) is 16.0. The molecular weight excluding hydrogens is 360 g/mol. The lowest BCUT2D eigenvalue weighted by Crippen LogP contribution is -2.53. The molecule has 2 aliphatic heterocycles. The molecule has 1 spiro atoms. The van der Waals surface area contributed by atoms with Crippen LogP contribution in [0.5, 0.6) is 0 Å². The maximum atomic E-state index is 12.0. The Hall–Kier alpha value is -2.38. The van der Waals surface area contributed by atoms with Gasteiger partial charge in [-0.3, -0.25) is 0 Å². The predicted molar refractivity (Wildman–Crippen MR) is 103 cm³/mol. The van der Waals surface area contributed by atoms with Gasteiger partial charge in [0, 0.05) is 25.1 Å². The van der Waals surface area contributed by atoms with Gasteiger partial charge >= 0.3 is 5.97 Å². The largest absolute Gasteiger partial charge is 0.477 e. The lowest BCUT2D eigenvalue weighted by Gasteiger charge is -2.48. The smallest absolute Gasteiger partial charge is 0.343 e. The highest BCUT2D eigenvalue weighted by molar-refractivity contribution is 5.99. The molecular formula is C21H26N2O5. The molecule has 2 atom stereocenters. The van der Waals surface area contributed by atoms with Gasteiger partial charge in [-0.15, -0.1) is 0 Å². The van der Waals surface area contributed by atoms with Crippen molar-refractivity contribution >= 4 is 11.8 Å². The van der Waals surface area contributed by atoms with Crippen LogP contribution in [0.4, 0.5) is 5.82 Å². The molecule has 2 N–H and O–H groups in total. The third kappa shape index (κ3) is 3.52. The van der Waals surface area contributed by atoms with Crippen molar-refractivity contribution in [3.63, 3.8) is 0 Å². The summed E-state index contributed by atoms with van der Waals surface area (Å²) in [6.07, 6.45) is 3.42. The van der Waals surface area contributed by atoms with Crippen LogP contribution in [-0.4, -0.2) is 52.2 Å². The van der Waals surface area contributed by atoms with Crippen LogP contribution in [-0.2, 0) is 4.74 Å². The number of aromatic carboxylic acids is 1. The highest BCUT2D eigenvalue weighted by atomic mass is 16.5. The summed E-state index contributed by atoms with van der Waals surface area (Å²) in [6.45, 7) is 3.31. The molecule has 150 valence electrons. The van der Waals surface area contributed by atoms with E-state index in [1.165, 1.54) is 0 Å². The average Bonchev–Trinajstić information content (AvgIpc) is 3.14. The fourth-order valence-corrected chi connectivity index (χ4v) is 4.44. The van der Waals surface area contributed by atoms with Crippen molar-refractivity contribution in [3.8, 4) is 11.3 Å². The Morgan fingerprint density at radius 3 is 2.64 bits per heavy atom. The van der Waals surface area contributed by atoms with Crippen LogP contribution in [0.3, 0.4) is 0 Å². The van der Waals surface area contributed by atoms with Gasteiger partial charge in [0.2, 0.25) is 0 Å². The Morgan fingerprint density at radius 1 is 1.29 bits per heavy atom. The first-order chi connectivity index (χ1) is 13.5. The number of carboxylic acid groups (broad SMARTS) is 1. The first-order valence-electron chi connectivity index (χ1n) is 9.90. The van der Waals surface area contributed by atoms with E-state index in [0.29, 0.717) is 37.3 Å². The molecule has 3 heterocycles. The Bertz CT molecular complexity index is 827. The summed E-state index contributed by atoms with van der Waals surface area (Å²) < 4.78 is 11.8. The monoisotopic (exact) mass is 386 g/mol. The van der Waals surface area contributed by atoms with E-state index in [4.69, 9.17) is 9.26 Å². The topological polar surface area (TPSA) is 96.0 Å². The highest BCUT2D eigenvalue weighted by Crippen LogP contribution is 2.40. The van der Waals surface area contributed by atoms with E-state index in [-0.39, 0.29) is 29.1 Å². The van der Waals surface area contributed by atoms with Gasteiger partial charge in [-0.1, -0.05) is 42.4 Å². The lowest BCUT2D eigenvalue weighted by atomic mass is 9.81.